The van der Waals surface area contributed by atoms with E-state index in [-0.39, 0.29) is 23.4 Å². The van der Waals surface area contributed by atoms with Gasteiger partial charge >= 0.3 is 5.97 Å². The van der Waals surface area contributed by atoms with E-state index in [1.54, 1.807) is 11.8 Å². The number of hydrogen-bond acceptors (Lipinski definition) is 6. The van der Waals surface area contributed by atoms with E-state index < -0.39 is 12.1 Å². The Kier molecular flexibility index (Phi) is 5.55. The van der Waals surface area contributed by atoms with Crippen molar-refractivity contribution in [2.24, 2.45) is 0 Å². The zero-order valence-electron chi connectivity index (χ0n) is 15.1. The van der Waals surface area contributed by atoms with Gasteiger partial charge < -0.3 is 18.9 Å². The van der Waals surface area contributed by atoms with Crippen molar-refractivity contribution < 1.29 is 23.7 Å². The molecule has 0 aromatic heterocycles. The van der Waals surface area contributed by atoms with Crippen LogP contribution in [0.1, 0.15) is 44.6 Å². The third-order valence-electron chi connectivity index (χ3n) is 5.28. The topological polar surface area (TPSA) is 54.0 Å². The lowest BCUT2D eigenvalue weighted by molar-refractivity contribution is -0.199. The van der Waals surface area contributed by atoms with Gasteiger partial charge in [-0.2, -0.15) is 0 Å². The second-order valence-corrected chi connectivity index (χ2v) is 8.45. The van der Waals surface area contributed by atoms with Gasteiger partial charge in [0, 0.05) is 25.5 Å². The Morgan fingerprint density at radius 3 is 2.69 bits per heavy atom. The lowest BCUT2D eigenvalue weighted by Crippen LogP contribution is -2.51. The maximum absolute atomic E-state index is 11.5. The van der Waals surface area contributed by atoms with Crippen molar-refractivity contribution in [2.75, 3.05) is 6.61 Å². The zero-order chi connectivity index (χ0) is 18.0. The lowest BCUT2D eigenvalue weighted by atomic mass is 9.94. The number of fused-ring (bicyclic) bond motifs is 1. The van der Waals surface area contributed by atoms with E-state index in [0.29, 0.717) is 6.61 Å². The summed E-state index contributed by atoms with van der Waals surface area (Å²) in [6, 6.07) is 10.3. The number of esters is 1. The van der Waals surface area contributed by atoms with Crippen molar-refractivity contribution >= 4 is 17.7 Å². The van der Waals surface area contributed by atoms with Gasteiger partial charge in [-0.25, -0.2) is 0 Å². The predicted molar refractivity (Wildman–Crippen MR) is 98.6 cm³/mol. The first kappa shape index (κ1) is 18.3. The number of ether oxygens (including phenoxy) is 4. The van der Waals surface area contributed by atoms with Gasteiger partial charge in [0.05, 0.1) is 11.9 Å². The number of carbonyl (C=O) groups excluding carboxylic acids is 1. The first-order chi connectivity index (χ1) is 12.7. The highest BCUT2D eigenvalue weighted by Gasteiger charge is 2.55. The van der Waals surface area contributed by atoms with E-state index >= 15 is 0 Å². The molecule has 1 aromatic rings. The molecule has 2 saturated heterocycles. The normalized spacial score (nSPS) is 33.0. The largest absolute Gasteiger partial charge is 0.435 e. The third kappa shape index (κ3) is 3.93. The number of carbonyl (C=O) groups is 1. The highest BCUT2D eigenvalue weighted by Crippen LogP contribution is 2.46. The quantitative estimate of drug-likeness (QED) is 0.746. The van der Waals surface area contributed by atoms with Crippen LogP contribution in [0, 0.1) is 0 Å². The van der Waals surface area contributed by atoms with Crippen LogP contribution >= 0.6 is 11.8 Å². The van der Waals surface area contributed by atoms with Crippen molar-refractivity contribution in [2.45, 2.75) is 74.3 Å². The molecule has 0 bridgehead atoms. The summed E-state index contributed by atoms with van der Waals surface area (Å²) >= 11 is 1.72. The van der Waals surface area contributed by atoms with Gasteiger partial charge in [0.1, 0.15) is 12.2 Å². The number of thioether (sulfide) groups is 1. The van der Waals surface area contributed by atoms with Crippen LogP contribution in [-0.2, 0) is 29.5 Å². The molecule has 6 heteroatoms. The summed E-state index contributed by atoms with van der Waals surface area (Å²) in [5, 5.41) is -0.0980. The third-order valence-corrected chi connectivity index (χ3v) is 6.66. The molecule has 3 fully saturated rings. The Labute approximate surface area is 158 Å². The fourth-order valence-corrected chi connectivity index (χ4v) is 5.36. The van der Waals surface area contributed by atoms with Crippen LogP contribution < -0.4 is 0 Å². The Morgan fingerprint density at radius 2 is 1.96 bits per heavy atom. The standard InChI is InChI=1S/C20H26O5S/c1-14(21)23-19-18(26-13-15-8-4-2-5-9-15)17-16(12-22-19)24-20(25-17)10-6-3-7-11-20/h2,4-5,8-9,16-19H,3,6-7,10-13H2,1H3. The summed E-state index contributed by atoms with van der Waals surface area (Å²) in [6.07, 6.45) is 4.59. The average molecular weight is 378 g/mol. The number of hydrogen-bond donors (Lipinski definition) is 0. The molecule has 0 N–H and O–H groups in total. The molecule has 5 nitrogen and oxygen atoms in total. The molecular formula is C20H26O5S. The Bertz CT molecular complexity index is 616. The maximum Gasteiger partial charge on any atom is 0.304 e. The van der Waals surface area contributed by atoms with Gasteiger partial charge in [0.25, 0.3) is 0 Å². The monoisotopic (exact) mass is 378 g/mol. The van der Waals surface area contributed by atoms with Crippen molar-refractivity contribution in [3.63, 3.8) is 0 Å². The molecule has 142 valence electrons. The molecule has 0 radical (unpaired) electrons. The number of rotatable bonds is 4. The van der Waals surface area contributed by atoms with Gasteiger partial charge in [-0.1, -0.05) is 36.8 Å². The average Bonchev–Trinajstić information content (AvgIpc) is 2.99. The zero-order valence-corrected chi connectivity index (χ0v) is 15.9. The van der Waals surface area contributed by atoms with E-state index in [1.165, 1.54) is 18.9 Å². The lowest BCUT2D eigenvalue weighted by Gasteiger charge is -2.36. The van der Waals surface area contributed by atoms with E-state index in [0.717, 1.165) is 31.4 Å². The van der Waals surface area contributed by atoms with Crippen molar-refractivity contribution in [1.29, 1.82) is 0 Å². The molecular weight excluding hydrogens is 352 g/mol. The maximum atomic E-state index is 11.5. The molecule has 26 heavy (non-hydrogen) atoms. The van der Waals surface area contributed by atoms with Crippen molar-refractivity contribution in [3.05, 3.63) is 35.9 Å². The minimum absolute atomic E-state index is 0.0896. The van der Waals surface area contributed by atoms with Gasteiger partial charge in [-0.3, -0.25) is 4.79 Å². The molecule has 1 saturated carbocycles. The second-order valence-electron chi connectivity index (χ2n) is 7.28. The molecule has 1 aromatic carbocycles. The molecule has 4 unspecified atom stereocenters. The summed E-state index contributed by atoms with van der Waals surface area (Å²) < 4.78 is 24.1. The van der Waals surface area contributed by atoms with Gasteiger partial charge in [-0.05, 0) is 18.4 Å². The van der Waals surface area contributed by atoms with E-state index in [4.69, 9.17) is 18.9 Å². The molecule has 0 amide bonds. The molecule has 4 atom stereocenters. The van der Waals surface area contributed by atoms with Crippen LogP contribution in [0.5, 0.6) is 0 Å². The summed E-state index contributed by atoms with van der Waals surface area (Å²) in [5.41, 5.74) is 1.23. The molecule has 2 aliphatic heterocycles. The summed E-state index contributed by atoms with van der Waals surface area (Å²) in [4.78, 5) is 11.5. The minimum atomic E-state index is -0.593. The van der Waals surface area contributed by atoms with Crippen molar-refractivity contribution in [3.8, 4) is 0 Å². The summed E-state index contributed by atoms with van der Waals surface area (Å²) in [5.74, 6) is 0.0184. The Morgan fingerprint density at radius 1 is 1.19 bits per heavy atom. The summed E-state index contributed by atoms with van der Waals surface area (Å²) in [7, 11) is 0. The molecule has 2 heterocycles. The molecule has 1 aliphatic carbocycles. The van der Waals surface area contributed by atoms with Gasteiger partial charge in [0.2, 0.25) is 6.29 Å². The van der Waals surface area contributed by atoms with Crippen LogP contribution in [0.15, 0.2) is 30.3 Å². The second kappa shape index (κ2) is 7.89. The van der Waals surface area contributed by atoms with Gasteiger partial charge in [0.15, 0.2) is 5.79 Å². The van der Waals surface area contributed by atoms with E-state index in [9.17, 15) is 4.79 Å². The van der Waals surface area contributed by atoms with E-state index in [2.05, 4.69) is 12.1 Å². The predicted octanol–water partition coefficient (Wildman–Crippen LogP) is 3.65. The minimum Gasteiger partial charge on any atom is -0.435 e. The summed E-state index contributed by atoms with van der Waals surface area (Å²) in [6.45, 7) is 1.83. The smallest absolute Gasteiger partial charge is 0.304 e. The van der Waals surface area contributed by atoms with Crippen LogP contribution in [0.4, 0.5) is 0 Å². The fraction of sp³-hybridized carbons (Fsp3) is 0.650. The highest BCUT2D eigenvalue weighted by atomic mass is 32.2. The van der Waals surface area contributed by atoms with E-state index in [1.807, 2.05) is 18.2 Å². The van der Waals surface area contributed by atoms with Crippen LogP contribution in [0.25, 0.3) is 0 Å². The first-order valence-electron chi connectivity index (χ1n) is 9.45. The highest BCUT2D eigenvalue weighted by molar-refractivity contribution is 7.99. The van der Waals surface area contributed by atoms with Crippen molar-refractivity contribution in [1.82, 2.24) is 0 Å². The van der Waals surface area contributed by atoms with Crippen LogP contribution in [0.3, 0.4) is 0 Å². The number of benzene rings is 1. The molecule has 4 rings (SSSR count). The molecule has 1 spiro atoms. The van der Waals surface area contributed by atoms with Crippen LogP contribution in [-0.4, -0.2) is 42.1 Å². The van der Waals surface area contributed by atoms with Gasteiger partial charge in [-0.15, -0.1) is 11.8 Å². The van der Waals surface area contributed by atoms with Crippen LogP contribution in [0.2, 0.25) is 0 Å². The first-order valence-corrected chi connectivity index (χ1v) is 10.5. The Balaban J connectivity index is 1.50. The Hall–Kier alpha value is -1.08. The fourth-order valence-electron chi connectivity index (χ4n) is 4.07. The molecule has 3 aliphatic rings. The SMILES string of the molecule is CC(=O)OC1OCC2OC3(CCCCC3)OC2C1SCc1ccccc1.